The quantitative estimate of drug-likeness (QED) is 0.801. The molecule has 0 saturated heterocycles. The summed E-state index contributed by atoms with van der Waals surface area (Å²) in [7, 11) is 0. The molecule has 92 valence electrons. The Hall–Kier alpha value is -1.20. The molecule has 2 heterocycles. The number of aryl methyl sites for hydroxylation is 2. The zero-order valence-corrected chi connectivity index (χ0v) is 11.0. The molecule has 0 aliphatic carbocycles. The summed E-state index contributed by atoms with van der Waals surface area (Å²) in [6.45, 7) is 5.72. The van der Waals surface area contributed by atoms with E-state index in [0.29, 0.717) is 6.54 Å². The summed E-state index contributed by atoms with van der Waals surface area (Å²) in [5.74, 6) is 1.71. The van der Waals surface area contributed by atoms with Gasteiger partial charge in [0, 0.05) is 17.8 Å². The van der Waals surface area contributed by atoms with E-state index in [1.807, 2.05) is 12.4 Å². The van der Waals surface area contributed by atoms with Gasteiger partial charge in [0.15, 0.2) is 0 Å². The van der Waals surface area contributed by atoms with Crippen LogP contribution in [0.3, 0.4) is 0 Å². The molecule has 0 fully saturated rings. The van der Waals surface area contributed by atoms with E-state index >= 15 is 0 Å². The second-order valence-electron chi connectivity index (χ2n) is 3.86. The normalized spacial score (nSPS) is 10.9. The molecule has 1 N–H and O–H groups in total. The minimum atomic E-state index is 0.692. The average molecular weight is 251 g/mol. The fraction of sp³-hybridized carbons (Fsp3) is 0.500. The zero-order chi connectivity index (χ0) is 12.1. The molecule has 2 rings (SSSR count). The van der Waals surface area contributed by atoms with Crippen LogP contribution in [-0.4, -0.2) is 16.5 Å². The summed E-state index contributed by atoms with van der Waals surface area (Å²) in [6, 6.07) is 0. The van der Waals surface area contributed by atoms with Crippen LogP contribution in [0, 0.1) is 6.92 Å². The van der Waals surface area contributed by atoms with Gasteiger partial charge in [-0.1, -0.05) is 6.92 Å². The molecule has 0 bridgehead atoms. The van der Waals surface area contributed by atoms with Crippen LogP contribution in [0.1, 0.15) is 29.1 Å². The molecule has 2 aromatic heterocycles. The van der Waals surface area contributed by atoms with E-state index in [1.165, 1.54) is 4.88 Å². The van der Waals surface area contributed by atoms with Gasteiger partial charge in [0.1, 0.15) is 5.76 Å². The summed E-state index contributed by atoms with van der Waals surface area (Å²) in [5, 5.41) is 3.33. The third-order valence-electron chi connectivity index (χ3n) is 2.60. The van der Waals surface area contributed by atoms with Crippen molar-refractivity contribution in [3.05, 3.63) is 33.9 Å². The fourth-order valence-electron chi connectivity index (χ4n) is 1.56. The molecule has 17 heavy (non-hydrogen) atoms. The van der Waals surface area contributed by atoms with Crippen molar-refractivity contribution >= 4 is 11.3 Å². The third-order valence-corrected chi connectivity index (χ3v) is 3.59. The monoisotopic (exact) mass is 251 g/mol. The second-order valence-corrected chi connectivity index (χ2v) is 4.80. The van der Waals surface area contributed by atoms with Crippen LogP contribution in [0.25, 0.3) is 0 Å². The first kappa shape index (κ1) is 12.3. The van der Waals surface area contributed by atoms with Crippen LogP contribution < -0.4 is 5.32 Å². The van der Waals surface area contributed by atoms with E-state index in [-0.39, 0.29) is 0 Å². The summed E-state index contributed by atoms with van der Waals surface area (Å²) < 4.78 is 5.51. The number of hydrogen-bond acceptors (Lipinski definition) is 5. The van der Waals surface area contributed by atoms with Gasteiger partial charge in [-0.15, -0.1) is 11.3 Å². The zero-order valence-electron chi connectivity index (χ0n) is 10.2. The first-order chi connectivity index (χ1) is 8.29. The molecule has 0 aliphatic rings. The van der Waals surface area contributed by atoms with Gasteiger partial charge in [-0.3, -0.25) is 0 Å². The van der Waals surface area contributed by atoms with Crippen molar-refractivity contribution in [3.8, 4) is 0 Å². The summed E-state index contributed by atoms with van der Waals surface area (Å²) in [6.07, 6.45) is 3.70. The maximum Gasteiger partial charge on any atom is 0.208 e. The highest BCUT2D eigenvalue weighted by Crippen LogP contribution is 2.12. The van der Waals surface area contributed by atoms with Gasteiger partial charge in [-0.05, 0) is 13.3 Å². The van der Waals surface area contributed by atoms with E-state index in [0.717, 1.165) is 36.7 Å². The van der Waals surface area contributed by atoms with E-state index in [2.05, 4.69) is 22.2 Å². The Kier molecular flexibility index (Phi) is 4.28. The maximum absolute atomic E-state index is 5.51. The van der Waals surface area contributed by atoms with Crippen molar-refractivity contribution in [2.75, 3.05) is 6.54 Å². The van der Waals surface area contributed by atoms with Crippen LogP contribution in [0.2, 0.25) is 0 Å². The van der Waals surface area contributed by atoms with Gasteiger partial charge in [-0.2, -0.15) is 0 Å². The molecule has 4 nitrogen and oxygen atoms in total. The number of nitrogens with zero attached hydrogens (tertiary/aromatic N) is 2. The van der Waals surface area contributed by atoms with Crippen LogP contribution in [0.5, 0.6) is 0 Å². The smallest absolute Gasteiger partial charge is 0.208 e. The molecular weight excluding hydrogens is 234 g/mol. The minimum absolute atomic E-state index is 0.692. The predicted molar refractivity (Wildman–Crippen MR) is 68.1 cm³/mol. The lowest BCUT2D eigenvalue weighted by atomic mass is 10.3. The van der Waals surface area contributed by atoms with Gasteiger partial charge in [0.05, 0.1) is 23.9 Å². The standard InChI is InChI=1S/C12H17N3OS/c1-3-10-6-14-12(16-10)7-13-5-4-11-9(2)15-8-17-11/h6,8,13H,3-5,7H2,1-2H3. The van der Waals surface area contributed by atoms with Gasteiger partial charge >= 0.3 is 0 Å². The Morgan fingerprint density at radius 3 is 2.94 bits per heavy atom. The van der Waals surface area contributed by atoms with E-state index < -0.39 is 0 Å². The number of aromatic nitrogens is 2. The second kappa shape index (κ2) is 5.93. The lowest BCUT2D eigenvalue weighted by molar-refractivity contribution is 0.440. The van der Waals surface area contributed by atoms with E-state index in [9.17, 15) is 0 Å². The molecule has 5 heteroatoms. The highest BCUT2D eigenvalue weighted by Gasteiger charge is 2.03. The Bertz CT molecular complexity index is 464. The number of nitrogens with one attached hydrogen (secondary N) is 1. The van der Waals surface area contributed by atoms with Crippen molar-refractivity contribution in [1.29, 1.82) is 0 Å². The van der Waals surface area contributed by atoms with Crippen LogP contribution in [0.4, 0.5) is 0 Å². The predicted octanol–water partition coefficient (Wildman–Crippen LogP) is 2.33. The minimum Gasteiger partial charge on any atom is -0.444 e. The molecule has 0 amide bonds. The van der Waals surface area contributed by atoms with Gasteiger partial charge in [-0.25, -0.2) is 9.97 Å². The summed E-state index contributed by atoms with van der Waals surface area (Å²) in [4.78, 5) is 9.77. The lowest BCUT2D eigenvalue weighted by Crippen LogP contribution is -2.16. The van der Waals surface area contributed by atoms with Gasteiger partial charge in [0.25, 0.3) is 0 Å². The maximum atomic E-state index is 5.51. The highest BCUT2D eigenvalue weighted by atomic mass is 32.1. The Labute approximate surface area is 105 Å². The highest BCUT2D eigenvalue weighted by molar-refractivity contribution is 7.09. The fourth-order valence-corrected chi connectivity index (χ4v) is 2.34. The molecule has 0 atom stereocenters. The molecule has 0 aromatic carbocycles. The van der Waals surface area contributed by atoms with Crippen molar-refractivity contribution in [2.45, 2.75) is 33.2 Å². The van der Waals surface area contributed by atoms with E-state index in [1.54, 1.807) is 17.5 Å². The van der Waals surface area contributed by atoms with Gasteiger partial charge in [0.2, 0.25) is 5.89 Å². The Balaban J connectivity index is 1.71. The molecular formula is C12H17N3OS. The lowest BCUT2D eigenvalue weighted by Gasteiger charge is -2.01. The van der Waals surface area contributed by atoms with Crippen LogP contribution in [0.15, 0.2) is 16.1 Å². The number of oxazole rings is 1. The molecule has 0 spiro atoms. The largest absolute Gasteiger partial charge is 0.444 e. The average Bonchev–Trinajstić information content (AvgIpc) is 2.94. The molecule has 0 radical (unpaired) electrons. The topological polar surface area (TPSA) is 51.0 Å². The molecule has 0 saturated carbocycles. The Morgan fingerprint density at radius 2 is 2.29 bits per heavy atom. The van der Waals surface area contributed by atoms with Crippen LogP contribution >= 0.6 is 11.3 Å². The Morgan fingerprint density at radius 1 is 1.41 bits per heavy atom. The van der Waals surface area contributed by atoms with E-state index in [4.69, 9.17) is 4.42 Å². The van der Waals surface area contributed by atoms with Crippen molar-refractivity contribution in [1.82, 2.24) is 15.3 Å². The summed E-state index contributed by atoms with van der Waals surface area (Å²) in [5.41, 5.74) is 3.04. The first-order valence-electron chi connectivity index (χ1n) is 5.83. The van der Waals surface area contributed by atoms with Crippen molar-refractivity contribution in [3.63, 3.8) is 0 Å². The molecule has 0 unspecified atom stereocenters. The molecule has 0 aliphatic heterocycles. The number of hydrogen-bond donors (Lipinski definition) is 1. The SMILES string of the molecule is CCc1cnc(CNCCc2scnc2C)o1. The number of thiazole rings is 1. The van der Waals surface area contributed by atoms with Crippen LogP contribution in [-0.2, 0) is 19.4 Å². The summed E-state index contributed by atoms with van der Waals surface area (Å²) >= 11 is 1.71. The number of rotatable bonds is 6. The van der Waals surface area contributed by atoms with Crippen molar-refractivity contribution < 1.29 is 4.42 Å². The van der Waals surface area contributed by atoms with Crippen molar-refractivity contribution in [2.24, 2.45) is 0 Å². The third kappa shape index (κ3) is 3.38. The molecule has 2 aromatic rings. The van der Waals surface area contributed by atoms with Gasteiger partial charge < -0.3 is 9.73 Å². The first-order valence-corrected chi connectivity index (χ1v) is 6.70.